The first-order valence-corrected chi connectivity index (χ1v) is 6.60. The van der Waals surface area contributed by atoms with Gasteiger partial charge in [0.15, 0.2) is 5.82 Å². The van der Waals surface area contributed by atoms with Crippen LogP contribution in [0, 0.1) is 0 Å². The Labute approximate surface area is 119 Å². The molecule has 2 heterocycles. The second kappa shape index (κ2) is 5.36. The first-order chi connectivity index (χ1) is 9.24. The van der Waals surface area contributed by atoms with Gasteiger partial charge < -0.3 is 14.6 Å². The molecule has 3 rings (SSSR count). The Morgan fingerprint density at radius 1 is 1.37 bits per heavy atom. The van der Waals surface area contributed by atoms with Crippen molar-refractivity contribution in [1.82, 2.24) is 15.5 Å². The number of fused-ring (bicyclic) bond motifs is 1. The minimum absolute atomic E-state index is 0.110. The summed E-state index contributed by atoms with van der Waals surface area (Å²) in [5.74, 6) is 1.31. The van der Waals surface area contributed by atoms with Crippen molar-refractivity contribution in [3.63, 3.8) is 0 Å². The molecule has 0 amide bonds. The van der Waals surface area contributed by atoms with Crippen LogP contribution in [0.25, 0.3) is 0 Å². The van der Waals surface area contributed by atoms with Crippen molar-refractivity contribution >= 4 is 23.2 Å². The van der Waals surface area contributed by atoms with Gasteiger partial charge in [0, 0.05) is 23.0 Å². The van der Waals surface area contributed by atoms with E-state index in [1.807, 2.05) is 6.07 Å². The predicted molar refractivity (Wildman–Crippen MR) is 70.5 cm³/mol. The van der Waals surface area contributed by atoms with E-state index in [4.69, 9.17) is 32.5 Å². The average Bonchev–Trinajstić information content (AvgIpc) is 2.89. The van der Waals surface area contributed by atoms with Gasteiger partial charge in [-0.2, -0.15) is 4.98 Å². The third-order valence-electron chi connectivity index (χ3n) is 2.98. The van der Waals surface area contributed by atoms with Gasteiger partial charge in [-0.05, 0) is 12.1 Å². The zero-order chi connectivity index (χ0) is 13.2. The van der Waals surface area contributed by atoms with Gasteiger partial charge in [0.2, 0.25) is 6.39 Å². The summed E-state index contributed by atoms with van der Waals surface area (Å²) in [6.45, 7) is 1.13. The maximum atomic E-state index is 6.14. The lowest BCUT2D eigenvalue weighted by Crippen LogP contribution is -2.27. The van der Waals surface area contributed by atoms with Gasteiger partial charge >= 0.3 is 0 Å². The lowest BCUT2D eigenvalue weighted by atomic mass is 10.0. The van der Waals surface area contributed by atoms with Crippen LogP contribution in [-0.4, -0.2) is 16.7 Å². The Bertz CT molecular complexity index is 575. The smallest absolute Gasteiger partial charge is 0.213 e. The molecule has 0 fully saturated rings. The minimum Gasteiger partial charge on any atom is -0.492 e. The van der Waals surface area contributed by atoms with Crippen LogP contribution in [0.4, 0.5) is 0 Å². The van der Waals surface area contributed by atoms with E-state index in [0.29, 0.717) is 34.8 Å². The van der Waals surface area contributed by atoms with E-state index >= 15 is 0 Å². The van der Waals surface area contributed by atoms with Gasteiger partial charge in [0.1, 0.15) is 5.75 Å². The third kappa shape index (κ3) is 2.68. The first kappa shape index (κ1) is 12.7. The van der Waals surface area contributed by atoms with Crippen LogP contribution in [0.1, 0.15) is 23.9 Å². The maximum absolute atomic E-state index is 6.14. The van der Waals surface area contributed by atoms with Crippen LogP contribution in [0.3, 0.4) is 0 Å². The number of nitrogens with zero attached hydrogens (tertiary/aromatic N) is 2. The molecule has 0 saturated carbocycles. The summed E-state index contributed by atoms with van der Waals surface area (Å²) in [6.07, 6.45) is 2.14. The molecule has 0 bridgehead atoms. The quantitative estimate of drug-likeness (QED) is 0.944. The lowest BCUT2D eigenvalue weighted by molar-refractivity contribution is 0.251. The molecule has 0 radical (unpaired) electrons. The maximum Gasteiger partial charge on any atom is 0.213 e. The molecule has 1 aliphatic rings. The van der Waals surface area contributed by atoms with Crippen LogP contribution in [0.15, 0.2) is 23.0 Å². The van der Waals surface area contributed by atoms with Crippen molar-refractivity contribution in [2.75, 3.05) is 6.61 Å². The van der Waals surface area contributed by atoms with Gasteiger partial charge in [-0.3, -0.25) is 0 Å². The number of hydrogen-bond donors (Lipinski definition) is 1. The topological polar surface area (TPSA) is 60.2 Å². The standard InChI is InChI=1S/C12H11Cl2N3O2/c13-7-3-8-10(15-5-11-16-6-19-17-11)1-2-18-12(8)9(14)4-7/h3-4,6,10,15H,1-2,5H2. The summed E-state index contributed by atoms with van der Waals surface area (Å²) in [7, 11) is 0. The fourth-order valence-corrected chi connectivity index (χ4v) is 2.69. The zero-order valence-corrected chi connectivity index (χ0v) is 11.4. The van der Waals surface area contributed by atoms with Crippen molar-refractivity contribution in [3.05, 3.63) is 40.0 Å². The Morgan fingerprint density at radius 3 is 3.05 bits per heavy atom. The zero-order valence-electron chi connectivity index (χ0n) is 9.90. The second-order valence-electron chi connectivity index (χ2n) is 4.22. The molecule has 0 aliphatic carbocycles. The average molecular weight is 300 g/mol. The van der Waals surface area contributed by atoms with Crippen molar-refractivity contribution in [2.45, 2.75) is 19.0 Å². The summed E-state index contributed by atoms with van der Waals surface area (Å²) >= 11 is 12.2. The highest BCUT2D eigenvalue weighted by atomic mass is 35.5. The van der Waals surface area contributed by atoms with Crippen LogP contribution in [0.5, 0.6) is 5.75 Å². The molecule has 1 N–H and O–H groups in total. The second-order valence-corrected chi connectivity index (χ2v) is 5.07. The summed E-state index contributed by atoms with van der Waals surface area (Å²) < 4.78 is 10.3. The van der Waals surface area contributed by atoms with Crippen LogP contribution in [0.2, 0.25) is 10.0 Å². The monoisotopic (exact) mass is 299 g/mol. The molecule has 5 nitrogen and oxygen atoms in total. The highest BCUT2D eigenvalue weighted by molar-refractivity contribution is 6.35. The molecular weight excluding hydrogens is 289 g/mol. The highest BCUT2D eigenvalue weighted by Gasteiger charge is 2.24. The number of hydrogen-bond acceptors (Lipinski definition) is 5. The Kier molecular flexibility index (Phi) is 3.59. The summed E-state index contributed by atoms with van der Waals surface area (Å²) in [4.78, 5) is 3.97. The van der Waals surface area contributed by atoms with Crippen LogP contribution < -0.4 is 10.1 Å². The normalized spacial score (nSPS) is 17.9. The molecule has 0 saturated heterocycles. The molecule has 19 heavy (non-hydrogen) atoms. The van der Waals surface area contributed by atoms with E-state index in [1.165, 1.54) is 6.39 Å². The highest BCUT2D eigenvalue weighted by Crippen LogP contribution is 2.39. The fourth-order valence-electron chi connectivity index (χ4n) is 2.12. The molecule has 1 aromatic heterocycles. The molecule has 100 valence electrons. The van der Waals surface area contributed by atoms with Gasteiger partial charge in [0.25, 0.3) is 0 Å². The Hall–Kier alpha value is -1.30. The number of benzene rings is 1. The van der Waals surface area contributed by atoms with E-state index < -0.39 is 0 Å². The number of ether oxygens (including phenoxy) is 1. The van der Waals surface area contributed by atoms with Crippen molar-refractivity contribution in [3.8, 4) is 5.75 Å². The minimum atomic E-state index is 0.110. The number of rotatable bonds is 3. The lowest BCUT2D eigenvalue weighted by Gasteiger charge is -2.27. The van der Waals surface area contributed by atoms with Gasteiger partial charge in [-0.1, -0.05) is 28.4 Å². The molecule has 1 aromatic carbocycles. The third-order valence-corrected chi connectivity index (χ3v) is 3.48. The van der Waals surface area contributed by atoms with Gasteiger partial charge in [-0.15, -0.1) is 0 Å². The number of aromatic nitrogens is 2. The molecule has 0 spiro atoms. The SMILES string of the molecule is Clc1cc(Cl)c2c(c1)C(NCc1ncon1)CCO2. The van der Waals surface area contributed by atoms with Crippen molar-refractivity contribution < 1.29 is 9.26 Å². The molecule has 1 atom stereocenters. The summed E-state index contributed by atoms with van der Waals surface area (Å²) in [5, 5.41) is 8.25. The molecule has 2 aromatic rings. The van der Waals surface area contributed by atoms with Gasteiger partial charge in [0.05, 0.1) is 18.2 Å². The number of nitrogens with one attached hydrogen (secondary N) is 1. The van der Waals surface area contributed by atoms with E-state index in [-0.39, 0.29) is 6.04 Å². The fraction of sp³-hybridized carbons (Fsp3) is 0.333. The van der Waals surface area contributed by atoms with Crippen LogP contribution >= 0.6 is 23.2 Å². The Morgan fingerprint density at radius 2 is 2.26 bits per heavy atom. The van der Waals surface area contributed by atoms with Gasteiger partial charge in [-0.25, -0.2) is 0 Å². The van der Waals surface area contributed by atoms with E-state index in [9.17, 15) is 0 Å². The van der Waals surface area contributed by atoms with Crippen molar-refractivity contribution in [1.29, 1.82) is 0 Å². The first-order valence-electron chi connectivity index (χ1n) is 5.84. The van der Waals surface area contributed by atoms with Crippen LogP contribution in [-0.2, 0) is 6.54 Å². The molecule has 1 unspecified atom stereocenters. The molecular formula is C12H11Cl2N3O2. The van der Waals surface area contributed by atoms with E-state index in [1.54, 1.807) is 6.07 Å². The molecule has 7 heteroatoms. The van der Waals surface area contributed by atoms with E-state index in [0.717, 1.165) is 12.0 Å². The summed E-state index contributed by atoms with van der Waals surface area (Å²) in [5.41, 5.74) is 0.965. The number of halogens is 2. The Balaban J connectivity index is 1.81. The van der Waals surface area contributed by atoms with E-state index in [2.05, 4.69) is 15.5 Å². The van der Waals surface area contributed by atoms with Crippen molar-refractivity contribution in [2.24, 2.45) is 0 Å². The predicted octanol–water partition coefficient (Wildman–Crippen LogP) is 2.99. The molecule has 1 aliphatic heterocycles. The largest absolute Gasteiger partial charge is 0.492 e. The summed E-state index contributed by atoms with van der Waals surface area (Å²) in [6, 6.07) is 3.66.